The lowest BCUT2D eigenvalue weighted by Gasteiger charge is -2.24. The van der Waals surface area contributed by atoms with Gasteiger partial charge in [-0.15, -0.1) is 0 Å². The van der Waals surface area contributed by atoms with E-state index in [4.69, 9.17) is 11.5 Å². The average molecular weight is 473 g/mol. The van der Waals surface area contributed by atoms with Gasteiger partial charge in [0.2, 0.25) is 23.6 Å². The van der Waals surface area contributed by atoms with Gasteiger partial charge < -0.3 is 37.5 Å². The number of nitrogens with two attached hydrogens (primary N) is 2. The predicted molar refractivity (Wildman–Crippen MR) is 119 cm³/mol. The number of aromatic amines is 1. The maximum Gasteiger partial charge on any atom is 0.326 e. The Balaban J connectivity index is 2.22. The molecule has 0 fully saturated rings. The first-order valence-corrected chi connectivity index (χ1v) is 10.3. The van der Waals surface area contributed by atoms with Gasteiger partial charge in [0.15, 0.2) is 0 Å². The third kappa shape index (κ3) is 8.35. The van der Waals surface area contributed by atoms with E-state index in [9.17, 15) is 29.1 Å². The smallest absolute Gasteiger partial charge is 0.326 e. The molecule has 0 saturated heterocycles. The summed E-state index contributed by atoms with van der Waals surface area (Å²) in [4.78, 5) is 67.2. The van der Waals surface area contributed by atoms with Gasteiger partial charge >= 0.3 is 5.97 Å². The van der Waals surface area contributed by atoms with Crippen molar-refractivity contribution in [3.8, 4) is 0 Å². The largest absolute Gasteiger partial charge is 0.480 e. The van der Waals surface area contributed by atoms with E-state index in [0.29, 0.717) is 11.3 Å². The van der Waals surface area contributed by atoms with Crippen molar-refractivity contribution in [2.24, 2.45) is 11.5 Å². The van der Waals surface area contributed by atoms with E-state index in [0.717, 1.165) is 0 Å². The average Bonchev–Trinajstić information content (AvgIpc) is 3.31. The lowest BCUT2D eigenvalue weighted by molar-refractivity contribution is -0.142. The van der Waals surface area contributed by atoms with Crippen molar-refractivity contribution in [3.05, 3.63) is 54.1 Å². The van der Waals surface area contributed by atoms with Gasteiger partial charge in [0.1, 0.15) is 18.1 Å². The molecular weight excluding hydrogens is 446 g/mol. The number of amides is 4. The lowest BCUT2D eigenvalue weighted by atomic mass is 10.0. The Bertz CT molecular complexity index is 996. The summed E-state index contributed by atoms with van der Waals surface area (Å²) in [6, 6.07) is 4.81. The molecule has 34 heavy (non-hydrogen) atoms. The van der Waals surface area contributed by atoms with Crippen molar-refractivity contribution in [3.63, 3.8) is 0 Å². The number of primary amides is 1. The van der Waals surface area contributed by atoms with Crippen molar-refractivity contribution < 1.29 is 29.1 Å². The first-order valence-electron chi connectivity index (χ1n) is 10.3. The standard InChI is InChI=1S/C21H27N7O6/c22-9-18(30)26-15(8-17(23)29)20(32)27-14(6-12-4-2-1-3-5-12)19(31)28-16(21(33)34)7-13-10-24-11-25-13/h1-5,10-11,14-16H,6-9,22H2,(H2,23,29)(H,24,25)(H,26,30)(H,27,32)(H,28,31)(H,33,34). The van der Waals surface area contributed by atoms with E-state index in [2.05, 4.69) is 25.9 Å². The fourth-order valence-electron chi connectivity index (χ4n) is 3.08. The van der Waals surface area contributed by atoms with Crippen LogP contribution in [0.3, 0.4) is 0 Å². The number of carboxylic acid groups (broad SMARTS) is 1. The molecule has 3 atom stereocenters. The normalized spacial score (nSPS) is 13.2. The van der Waals surface area contributed by atoms with Gasteiger partial charge in [-0.25, -0.2) is 9.78 Å². The van der Waals surface area contributed by atoms with Crippen LogP contribution < -0.4 is 27.4 Å². The van der Waals surface area contributed by atoms with Crippen molar-refractivity contribution >= 4 is 29.6 Å². The van der Waals surface area contributed by atoms with Gasteiger partial charge in [-0.2, -0.15) is 0 Å². The third-order valence-electron chi connectivity index (χ3n) is 4.75. The van der Waals surface area contributed by atoms with E-state index < -0.39 is 60.7 Å². The monoisotopic (exact) mass is 473 g/mol. The third-order valence-corrected chi connectivity index (χ3v) is 4.75. The second kappa shape index (κ2) is 12.7. The maximum atomic E-state index is 13.0. The Hall–Kier alpha value is -4.26. The molecule has 2 aromatic rings. The van der Waals surface area contributed by atoms with Gasteiger partial charge in [-0.3, -0.25) is 19.2 Å². The van der Waals surface area contributed by atoms with Crippen LogP contribution in [0, 0.1) is 0 Å². The Labute approximate surface area is 194 Å². The molecule has 0 radical (unpaired) electrons. The number of H-pyrrole nitrogens is 1. The minimum absolute atomic E-state index is 0.0168. The number of hydrogen-bond acceptors (Lipinski definition) is 7. The Morgan fingerprint density at radius 3 is 2.15 bits per heavy atom. The zero-order valence-electron chi connectivity index (χ0n) is 18.2. The highest BCUT2D eigenvalue weighted by molar-refractivity contribution is 5.95. The summed E-state index contributed by atoms with van der Waals surface area (Å²) in [5, 5.41) is 16.7. The summed E-state index contributed by atoms with van der Waals surface area (Å²) in [6.07, 6.45) is 2.24. The molecule has 0 spiro atoms. The summed E-state index contributed by atoms with van der Waals surface area (Å²) < 4.78 is 0. The molecule has 0 aliphatic rings. The molecule has 2 rings (SSSR count). The van der Waals surface area contributed by atoms with Crippen LogP contribution in [0.15, 0.2) is 42.9 Å². The molecule has 182 valence electrons. The fraction of sp³-hybridized carbons (Fsp3) is 0.333. The molecule has 0 aliphatic carbocycles. The first kappa shape index (κ1) is 26.0. The number of carbonyl (C=O) groups excluding carboxylic acids is 4. The number of hydrogen-bond donors (Lipinski definition) is 7. The second-order valence-electron chi connectivity index (χ2n) is 7.43. The van der Waals surface area contributed by atoms with Gasteiger partial charge in [0, 0.05) is 24.7 Å². The molecule has 1 heterocycles. The quantitative estimate of drug-likeness (QED) is 0.165. The number of nitrogens with zero attached hydrogens (tertiary/aromatic N) is 1. The maximum absolute atomic E-state index is 13.0. The van der Waals surface area contributed by atoms with Crippen LogP contribution in [0.1, 0.15) is 17.7 Å². The molecule has 1 aromatic carbocycles. The molecular formula is C21H27N7O6. The van der Waals surface area contributed by atoms with Crippen LogP contribution >= 0.6 is 0 Å². The number of benzene rings is 1. The van der Waals surface area contributed by atoms with Crippen LogP contribution in [-0.4, -0.2) is 69.3 Å². The number of carboxylic acids is 1. The lowest BCUT2D eigenvalue weighted by Crippen LogP contribution is -2.57. The number of imidazole rings is 1. The summed E-state index contributed by atoms with van der Waals surface area (Å²) >= 11 is 0. The van der Waals surface area contributed by atoms with Gasteiger partial charge in [0.05, 0.1) is 19.3 Å². The van der Waals surface area contributed by atoms with Gasteiger partial charge in [-0.1, -0.05) is 30.3 Å². The summed E-state index contributed by atoms with van der Waals surface area (Å²) in [7, 11) is 0. The highest BCUT2D eigenvalue weighted by Gasteiger charge is 2.30. The second-order valence-corrected chi connectivity index (χ2v) is 7.43. The molecule has 9 N–H and O–H groups in total. The van der Waals surface area contributed by atoms with Crippen LogP contribution in [0.5, 0.6) is 0 Å². The minimum Gasteiger partial charge on any atom is -0.480 e. The van der Waals surface area contributed by atoms with E-state index in [-0.39, 0.29) is 12.8 Å². The topological polar surface area (TPSA) is 222 Å². The predicted octanol–water partition coefficient (Wildman–Crippen LogP) is -2.43. The Kier molecular flexibility index (Phi) is 9.71. The van der Waals surface area contributed by atoms with Crippen molar-refractivity contribution in [2.45, 2.75) is 37.4 Å². The van der Waals surface area contributed by atoms with E-state index >= 15 is 0 Å². The van der Waals surface area contributed by atoms with Crippen molar-refractivity contribution in [2.75, 3.05) is 6.54 Å². The molecule has 13 heteroatoms. The molecule has 0 bridgehead atoms. The van der Waals surface area contributed by atoms with Crippen LogP contribution in [-0.2, 0) is 36.8 Å². The number of aliphatic carboxylic acids is 1. The van der Waals surface area contributed by atoms with E-state index in [1.807, 2.05) is 0 Å². The first-order chi connectivity index (χ1) is 16.2. The Morgan fingerprint density at radius 2 is 1.59 bits per heavy atom. The SMILES string of the molecule is NCC(=O)NC(CC(N)=O)C(=O)NC(Cc1ccccc1)C(=O)NC(Cc1cnc[nH]1)C(=O)O. The van der Waals surface area contributed by atoms with Crippen LogP contribution in [0.25, 0.3) is 0 Å². The van der Waals surface area contributed by atoms with Crippen molar-refractivity contribution in [1.82, 2.24) is 25.9 Å². The molecule has 4 amide bonds. The summed E-state index contributed by atoms with van der Waals surface area (Å²) in [6.45, 7) is -0.426. The molecule has 0 aliphatic heterocycles. The molecule has 1 aromatic heterocycles. The van der Waals surface area contributed by atoms with Gasteiger partial charge in [-0.05, 0) is 5.56 Å². The highest BCUT2D eigenvalue weighted by Crippen LogP contribution is 2.06. The van der Waals surface area contributed by atoms with Gasteiger partial charge in [0.25, 0.3) is 0 Å². The summed E-state index contributed by atoms with van der Waals surface area (Å²) in [5.41, 5.74) is 11.6. The molecule has 13 nitrogen and oxygen atoms in total. The summed E-state index contributed by atoms with van der Waals surface area (Å²) in [5.74, 6) is -4.46. The fourth-order valence-corrected chi connectivity index (χ4v) is 3.08. The zero-order valence-corrected chi connectivity index (χ0v) is 18.2. The molecule has 3 unspecified atom stereocenters. The van der Waals surface area contributed by atoms with Crippen molar-refractivity contribution in [1.29, 1.82) is 0 Å². The van der Waals surface area contributed by atoms with Crippen LogP contribution in [0.4, 0.5) is 0 Å². The Morgan fingerprint density at radius 1 is 0.941 bits per heavy atom. The minimum atomic E-state index is -1.36. The number of carbonyl (C=O) groups is 5. The molecule has 0 saturated carbocycles. The zero-order chi connectivity index (χ0) is 25.1. The highest BCUT2D eigenvalue weighted by atomic mass is 16.4. The van der Waals surface area contributed by atoms with E-state index in [1.54, 1.807) is 30.3 Å². The number of rotatable bonds is 13. The van der Waals surface area contributed by atoms with E-state index in [1.165, 1.54) is 12.5 Å². The number of nitrogens with one attached hydrogen (secondary N) is 4. The number of aromatic nitrogens is 2. The van der Waals surface area contributed by atoms with Crippen LogP contribution in [0.2, 0.25) is 0 Å².